The molecular weight excluding hydrogens is 336 g/mol. The zero-order chi connectivity index (χ0) is 20.1. The van der Waals surface area contributed by atoms with Gasteiger partial charge in [0, 0.05) is 24.2 Å². The SMILES string of the molecule is Cc1cc(C)c(NC(=O)CCCC(=O)Nc2c(C)cc(C)cc2C)c(C)c1. The molecule has 0 spiro atoms. The summed E-state index contributed by atoms with van der Waals surface area (Å²) in [4.78, 5) is 24.5. The maximum absolute atomic E-state index is 12.2. The highest BCUT2D eigenvalue weighted by Crippen LogP contribution is 2.23. The molecule has 0 saturated carbocycles. The van der Waals surface area contributed by atoms with Gasteiger partial charge in [0.15, 0.2) is 0 Å². The van der Waals surface area contributed by atoms with E-state index in [1.54, 1.807) is 0 Å². The summed E-state index contributed by atoms with van der Waals surface area (Å²) in [5.74, 6) is -0.110. The lowest BCUT2D eigenvalue weighted by Crippen LogP contribution is -2.16. The molecule has 2 rings (SSSR count). The quantitative estimate of drug-likeness (QED) is 0.730. The van der Waals surface area contributed by atoms with Gasteiger partial charge in [-0.05, 0) is 70.2 Å². The molecule has 0 saturated heterocycles. The number of nitrogens with one attached hydrogen (secondary N) is 2. The van der Waals surface area contributed by atoms with Crippen molar-refractivity contribution >= 4 is 23.2 Å². The Kier molecular flexibility index (Phi) is 6.78. The number of hydrogen-bond donors (Lipinski definition) is 2. The van der Waals surface area contributed by atoms with Crippen molar-refractivity contribution in [3.8, 4) is 0 Å². The third kappa shape index (κ3) is 5.68. The molecule has 0 radical (unpaired) electrons. The number of carbonyl (C=O) groups excluding carboxylic acids is 2. The molecule has 2 amide bonds. The number of anilines is 2. The van der Waals surface area contributed by atoms with Crippen molar-refractivity contribution in [1.82, 2.24) is 0 Å². The minimum Gasteiger partial charge on any atom is -0.326 e. The van der Waals surface area contributed by atoms with E-state index in [9.17, 15) is 9.59 Å². The molecule has 0 fully saturated rings. The van der Waals surface area contributed by atoms with Crippen LogP contribution in [-0.2, 0) is 9.59 Å². The molecule has 0 bridgehead atoms. The molecule has 4 heteroatoms. The summed E-state index contributed by atoms with van der Waals surface area (Å²) in [6.45, 7) is 12.1. The van der Waals surface area contributed by atoms with Crippen molar-refractivity contribution in [3.05, 3.63) is 57.6 Å². The summed E-state index contributed by atoms with van der Waals surface area (Å²) in [6.07, 6.45) is 1.17. The third-order valence-electron chi connectivity index (χ3n) is 4.69. The minimum absolute atomic E-state index is 0.0550. The highest BCUT2D eigenvalue weighted by Gasteiger charge is 2.11. The Bertz CT molecular complexity index is 751. The number of amides is 2. The fraction of sp³-hybridized carbons (Fsp3) is 0.391. The molecule has 0 heterocycles. The summed E-state index contributed by atoms with van der Waals surface area (Å²) in [5, 5.41) is 5.97. The Morgan fingerprint density at radius 1 is 0.630 bits per heavy atom. The van der Waals surface area contributed by atoms with Crippen LogP contribution in [0, 0.1) is 41.5 Å². The first-order valence-electron chi connectivity index (χ1n) is 9.42. The number of carbonyl (C=O) groups is 2. The number of rotatable bonds is 6. The van der Waals surface area contributed by atoms with Crippen molar-refractivity contribution in [3.63, 3.8) is 0 Å². The smallest absolute Gasteiger partial charge is 0.224 e. The topological polar surface area (TPSA) is 58.2 Å². The van der Waals surface area contributed by atoms with E-state index in [1.165, 1.54) is 11.1 Å². The molecule has 0 aliphatic heterocycles. The predicted octanol–water partition coefficient (Wildman–Crippen LogP) is 5.28. The van der Waals surface area contributed by atoms with Crippen molar-refractivity contribution in [2.75, 3.05) is 10.6 Å². The fourth-order valence-electron chi connectivity index (χ4n) is 3.57. The molecule has 2 aromatic carbocycles. The molecule has 0 aliphatic rings. The van der Waals surface area contributed by atoms with E-state index in [2.05, 4.69) is 34.9 Å². The van der Waals surface area contributed by atoms with Crippen LogP contribution in [0.5, 0.6) is 0 Å². The lowest BCUT2D eigenvalue weighted by atomic mass is 10.0. The van der Waals surface area contributed by atoms with Gasteiger partial charge in [0.05, 0.1) is 0 Å². The average molecular weight is 367 g/mol. The van der Waals surface area contributed by atoms with Crippen LogP contribution in [-0.4, -0.2) is 11.8 Å². The Morgan fingerprint density at radius 3 is 1.22 bits per heavy atom. The molecule has 144 valence electrons. The molecule has 4 nitrogen and oxygen atoms in total. The minimum atomic E-state index is -0.0550. The van der Waals surface area contributed by atoms with E-state index in [0.29, 0.717) is 19.3 Å². The number of aryl methyl sites for hydroxylation is 6. The zero-order valence-corrected chi connectivity index (χ0v) is 17.2. The molecule has 2 N–H and O–H groups in total. The molecule has 0 aliphatic carbocycles. The van der Waals surface area contributed by atoms with Gasteiger partial charge >= 0.3 is 0 Å². The molecule has 27 heavy (non-hydrogen) atoms. The van der Waals surface area contributed by atoms with Crippen LogP contribution in [0.25, 0.3) is 0 Å². The van der Waals surface area contributed by atoms with Gasteiger partial charge in [0.1, 0.15) is 0 Å². The Balaban J connectivity index is 1.86. The predicted molar refractivity (Wildman–Crippen MR) is 112 cm³/mol. The number of benzene rings is 2. The molecule has 0 aromatic heterocycles. The van der Waals surface area contributed by atoms with E-state index < -0.39 is 0 Å². The van der Waals surface area contributed by atoms with Gasteiger partial charge in [-0.2, -0.15) is 0 Å². The van der Waals surface area contributed by atoms with E-state index in [1.807, 2.05) is 41.5 Å². The Morgan fingerprint density at radius 2 is 0.926 bits per heavy atom. The van der Waals surface area contributed by atoms with Crippen LogP contribution >= 0.6 is 0 Å². The van der Waals surface area contributed by atoms with Gasteiger partial charge in [-0.15, -0.1) is 0 Å². The van der Waals surface area contributed by atoms with Crippen LogP contribution < -0.4 is 10.6 Å². The molecule has 2 aromatic rings. The van der Waals surface area contributed by atoms with Gasteiger partial charge in [0.25, 0.3) is 0 Å². The molecule has 0 atom stereocenters. The van der Waals surface area contributed by atoms with Gasteiger partial charge in [-0.1, -0.05) is 35.4 Å². The van der Waals surface area contributed by atoms with Crippen molar-refractivity contribution < 1.29 is 9.59 Å². The summed E-state index contributed by atoms with van der Waals surface area (Å²) >= 11 is 0. The van der Waals surface area contributed by atoms with Crippen LogP contribution in [0.2, 0.25) is 0 Å². The second-order valence-corrected chi connectivity index (χ2v) is 7.50. The Labute approximate surface area is 162 Å². The standard InChI is InChI=1S/C23H30N2O2/c1-14-10-16(3)22(17(4)11-14)24-20(26)8-7-9-21(27)25-23-18(5)12-15(2)13-19(23)6/h10-13H,7-9H2,1-6H3,(H,24,26)(H,25,27). The van der Waals surface area contributed by atoms with Crippen molar-refractivity contribution in [2.45, 2.75) is 60.8 Å². The van der Waals surface area contributed by atoms with Crippen molar-refractivity contribution in [2.24, 2.45) is 0 Å². The molecule has 0 unspecified atom stereocenters. The highest BCUT2D eigenvalue weighted by atomic mass is 16.2. The van der Waals surface area contributed by atoms with Gasteiger partial charge in [0.2, 0.25) is 11.8 Å². The second kappa shape index (κ2) is 8.85. The van der Waals surface area contributed by atoms with E-state index in [0.717, 1.165) is 33.6 Å². The third-order valence-corrected chi connectivity index (χ3v) is 4.69. The number of hydrogen-bond acceptors (Lipinski definition) is 2. The lowest BCUT2D eigenvalue weighted by molar-refractivity contribution is -0.117. The van der Waals surface area contributed by atoms with Crippen LogP contribution in [0.3, 0.4) is 0 Å². The summed E-state index contributed by atoms with van der Waals surface area (Å²) < 4.78 is 0. The largest absolute Gasteiger partial charge is 0.326 e. The van der Waals surface area contributed by atoms with E-state index in [-0.39, 0.29) is 11.8 Å². The van der Waals surface area contributed by atoms with Crippen LogP contribution in [0.1, 0.15) is 52.6 Å². The first-order chi connectivity index (χ1) is 12.7. The first-order valence-corrected chi connectivity index (χ1v) is 9.42. The summed E-state index contributed by atoms with van der Waals surface area (Å²) in [5.41, 5.74) is 8.35. The maximum atomic E-state index is 12.2. The average Bonchev–Trinajstić information content (AvgIpc) is 2.54. The van der Waals surface area contributed by atoms with Crippen molar-refractivity contribution in [1.29, 1.82) is 0 Å². The maximum Gasteiger partial charge on any atom is 0.224 e. The van der Waals surface area contributed by atoms with E-state index >= 15 is 0 Å². The second-order valence-electron chi connectivity index (χ2n) is 7.50. The summed E-state index contributed by atoms with van der Waals surface area (Å²) in [7, 11) is 0. The van der Waals surface area contributed by atoms with Gasteiger partial charge in [-0.25, -0.2) is 0 Å². The summed E-state index contributed by atoms with van der Waals surface area (Å²) in [6, 6.07) is 8.23. The fourth-order valence-corrected chi connectivity index (χ4v) is 3.57. The Hall–Kier alpha value is -2.62. The zero-order valence-electron chi connectivity index (χ0n) is 17.2. The molecular formula is C23H30N2O2. The van der Waals surface area contributed by atoms with Gasteiger partial charge < -0.3 is 10.6 Å². The van der Waals surface area contributed by atoms with Crippen LogP contribution in [0.4, 0.5) is 11.4 Å². The van der Waals surface area contributed by atoms with E-state index in [4.69, 9.17) is 0 Å². The first kappa shape index (κ1) is 20.7. The van der Waals surface area contributed by atoms with Crippen LogP contribution in [0.15, 0.2) is 24.3 Å². The lowest BCUT2D eigenvalue weighted by Gasteiger charge is -2.14. The highest BCUT2D eigenvalue weighted by molar-refractivity contribution is 5.94. The van der Waals surface area contributed by atoms with Gasteiger partial charge in [-0.3, -0.25) is 9.59 Å². The monoisotopic (exact) mass is 366 g/mol. The normalized spacial score (nSPS) is 10.6.